The first kappa shape index (κ1) is 16.0. The molecule has 1 aromatic carbocycles. The van der Waals surface area contributed by atoms with Crippen LogP contribution in [0.1, 0.15) is 49.0 Å². The van der Waals surface area contributed by atoms with Gasteiger partial charge in [0.15, 0.2) is 0 Å². The average Bonchev–Trinajstić information content (AvgIpc) is 2.39. The van der Waals surface area contributed by atoms with E-state index < -0.39 is 12.1 Å². The number of carboxylic acids is 1. The maximum atomic E-state index is 11.4. The highest BCUT2D eigenvalue weighted by Crippen LogP contribution is 2.22. The molecular weight excluding hydrogens is 258 g/mol. The summed E-state index contributed by atoms with van der Waals surface area (Å²) in [5, 5.41) is 11.8. The minimum atomic E-state index is -1.04. The summed E-state index contributed by atoms with van der Waals surface area (Å²) in [6.45, 7) is 4.03. The lowest BCUT2D eigenvalue weighted by Crippen LogP contribution is -2.17. The number of rotatable bonds is 7. The first-order valence-electron chi connectivity index (χ1n) is 6.89. The number of amides is 1. The van der Waals surface area contributed by atoms with E-state index in [1.807, 2.05) is 0 Å². The minimum absolute atomic E-state index is 0.150. The van der Waals surface area contributed by atoms with E-state index in [2.05, 4.69) is 12.2 Å². The van der Waals surface area contributed by atoms with Crippen LogP contribution in [-0.2, 0) is 11.2 Å². The fraction of sp³-hybridized carbons (Fsp3) is 0.467. The number of nitrogens with one attached hydrogen (secondary N) is 1. The third-order valence-electron chi connectivity index (χ3n) is 2.93. The van der Waals surface area contributed by atoms with Crippen molar-refractivity contribution in [1.29, 1.82) is 0 Å². The molecular formula is C15H21NO4. The van der Waals surface area contributed by atoms with E-state index in [0.29, 0.717) is 6.42 Å². The molecule has 0 saturated carbocycles. The molecule has 5 nitrogen and oxygen atoms in total. The number of carbonyl (C=O) groups excluding carboxylic acids is 1. The maximum Gasteiger partial charge on any atom is 0.411 e. The van der Waals surface area contributed by atoms with E-state index in [4.69, 9.17) is 4.74 Å². The normalized spacial score (nSPS) is 10.1. The Hall–Kier alpha value is -2.04. The van der Waals surface area contributed by atoms with Crippen molar-refractivity contribution in [3.8, 4) is 0 Å². The molecule has 1 aromatic rings. The Morgan fingerprint density at radius 2 is 2.00 bits per heavy atom. The number of benzene rings is 1. The van der Waals surface area contributed by atoms with Gasteiger partial charge in [0, 0.05) is 0 Å². The van der Waals surface area contributed by atoms with Gasteiger partial charge >= 0.3 is 12.1 Å². The molecule has 0 bridgehead atoms. The monoisotopic (exact) mass is 279 g/mol. The highest BCUT2D eigenvalue weighted by molar-refractivity contribution is 6.00. The zero-order chi connectivity index (χ0) is 15.0. The number of ether oxygens (including phenoxy) is 1. The second-order valence-corrected chi connectivity index (χ2v) is 4.45. The fourth-order valence-electron chi connectivity index (χ4n) is 2.01. The topological polar surface area (TPSA) is 75.6 Å². The number of hydrogen-bond acceptors (Lipinski definition) is 3. The molecule has 0 radical (unpaired) electrons. The average molecular weight is 279 g/mol. The highest BCUT2D eigenvalue weighted by Gasteiger charge is 2.17. The lowest BCUT2D eigenvalue weighted by molar-refractivity contribution is 0.0697. The van der Waals surface area contributed by atoms with Gasteiger partial charge in [0.05, 0.1) is 17.9 Å². The first-order valence-corrected chi connectivity index (χ1v) is 6.89. The standard InChI is InChI=1S/C15H21NO4/c1-3-5-6-8-11-9-7-10-12(13(11)14(17)18)16-15(19)20-4-2/h7,9-10H,3-6,8H2,1-2H3,(H,16,19)(H,17,18). The molecule has 0 fully saturated rings. The summed E-state index contributed by atoms with van der Waals surface area (Å²) < 4.78 is 4.78. The SMILES string of the molecule is CCCCCc1cccc(NC(=O)OCC)c1C(=O)O. The number of hydrogen-bond donors (Lipinski definition) is 2. The minimum Gasteiger partial charge on any atom is -0.478 e. The Morgan fingerprint density at radius 3 is 2.60 bits per heavy atom. The van der Waals surface area contributed by atoms with Crippen LogP contribution in [0.5, 0.6) is 0 Å². The van der Waals surface area contributed by atoms with Crippen molar-refractivity contribution < 1.29 is 19.4 Å². The summed E-state index contributed by atoms with van der Waals surface area (Å²) in [5.41, 5.74) is 1.17. The second kappa shape index (κ2) is 8.19. The third-order valence-corrected chi connectivity index (χ3v) is 2.93. The largest absolute Gasteiger partial charge is 0.478 e. The molecule has 0 spiro atoms. The van der Waals surface area contributed by atoms with Crippen molar-refractivity contribution in [2.24, 2.45) is 0 Å². The molecule has 0 unspecified atom stereocenters. The molecule has 20 heavy (non-hydrogen) atoms. The van der Waals surface area contributed by atoms with Crippen LogP contribution in [0.3, 0.4) is 0 Å². The zero-order valence-corrected chi connectivity index (χ0v) is 11.9. The molecule has 0 aliphatic carbocycles. The zero-order valence-electron chi connectivity index (χ0n) is 11.9. The van der Waals surface area contributed by atoms with Gasteiger partial charge in [-0.15, -0.1) is 0 Å². The number of unbranched alkanes of at least 4 members (excludes halogenated alkanes) is 2. The molecule has 5 heteroatoms. The molecule has 2 N–H and O–H groups in total. The third kappa shape index (κ3) is 4.57. The van der Waals surface area contributed by atoms with Gasteiger partial charge in [0.2, 0.25) is 0 Å². The smallest absolute Gasteiger partial charge is 0.411 e. The molecule has 0 aliphatic rings. The van der Waals surface area contributed by atoms with E-state index in [1.54, 1.807) is 25.1 Å². The van der Waals surface area contributed by atoms with Crippen LogP contribution < -0.4 is 5.32 Å². The predicted octanol–water partition coefficient (Wildman–Crippen LogP) is 3.69. The Morgan fingerprint density at radius 1 is 1.25 bits per heavy atom. The summed E-state index contributed by atoms with van der Waals surface area (Å²) in [6, 6.07) is 5.11. The molecule has 0 aromatic heterocycles. The summed E-state index contributed by atoms with van der Waals surface area (Å²) in [6.07, 6.45) is 3.10. The van der Waals surface area contributed by atoms with Crippen molar-refractivity contribution in [2.45, 2.75) is 39.5 Å². The van der Waals surface area contributed by atoms with Gasteiger partial charge in [-0.2, -0.15) is 0 Å². The summed E-state index contributed by atoms with van der Waals surface area (Å²) >= 11 is 0. The van der Waals surface area contributed by atoms with Gasteiger partial charge in [-0.3, -0.25) is 5.32 Å². The Kier molecular flexibility index (Phi) is 6.56. The number of aromatic carboxylic acids is 1. The van der Waals surface area contributed by atoms with E-state index in [9.17, 15) is 14.7 Å². The fourth-order valence-corrected chi connectivity index (χ4v) is 2.01. The lowest BCUT2D eigenvalue weighted by atomic mass is 9.99. The molecule has 110 valence electrons. The summed E-state index contributed by atoms with van der Waals surface area (Å²) in [4.78, 5) is 22.9. The molecule has 1 rings (SSSR count). The van der Waals surface area contributed by atoms with Gasteiger partial charge < -0.3 is 9.84 Å². The van der Waals surface area contributed by atoms with E-state index in [-0.39, 0.29) is 17.9 Å². The van der Waals surface area contributed by atoms with Gasteiger partial charge in [-0.05, 0) is 31.4 Å². The first-order chi connectivity index (χ1) is 9.60. The molecule has 0 atom stereocenters. The van der Waals surface area contributed by atoms with Crippen LogP contribution in [0.4, 0.5) is 10.5 Å². The van der Waals surface area contributed by atoms with Crippen molar-refractivity contribution >= 4 is 17.7 Å². The van der Waals surface area contributed by atoms with Crippen molar-refractivity contribution in [3.63, 3.8) is 0 Å². The maximum absolute atomic E-state index is 11.4. The summed E-state index contributed by atoms with van der Waals surface area (Å²) in [5.74, 6) is -1.04. The Bertz CT molecular complexity index is 471. The molecule has 0 aliphatic heterocycles. The van der Waals surface area contributed by atoms with Crippen molar-refractivity contribution in [3.05, 3.63) is 29.3 Å². The lowest BCUT2D eigenvalue weighted by Gasteiger charge is -2.12. The van der Waals surface area contributed by atoms with Gasteiger partial charge in [-0.25, -0.2) is 9.59 Å². The van der Waals surface area contributed by atoms with E-state index in [1.165, 1.54) is 0 Å². The number of carboxylic acid groups (broad SMARTS) is 1. The number of carbonyl (C=O) groups is 2. The Balaban J connectivity index is 2.96. The van der Waals surface area contributed by atoms with Crippen LogP contribution in [0.15, 0.2) is 18.2 Å². The quantitative estimate of drug-likeness (QED) is 0.746. The van der Waals surface area contributed by atoms with Crippen LogP contribution in [0.2, 0.25) is 0 Å². The second-order valence-electron chi connectivity index (χ2n) is 4.45. The van der Waals surface area contributed by atoms with Crippen molar-refractivity contribution in [1.82, 2.24) is 0 Å². The van der Waals surface area contributed by atoms with Crippen LogP contribution in [0.25, 0.3) is 0 Å². The Labute approximate surface area is 118 Å². The molecule has 1 amide bonds. The van der Waals surface area contributed by atoms with Crippen LogP contribution in [-0.4, -0.2) is 23.8 Å². The summed E-state index contributed by atoms with van der Waals surface area (Å²) in [7, 11) is 0. The van der Waals surface area contributed by atoms with E-state index >= 15 is 0 Å². The number of aryl methyl sites for hydroxylation is 1. The van der Waals surface area contributed by atoms with Crippen LogP contribution in [0, 0.1) is 0 Å². The number of anilines is 1. The van der Waals surface area contributed by atoms with Crippen molar-refractivity contribution in [2.75, 3.05) is 11.9 Å². The van der Waals surface area contributed by atoms with Gasteiger partial charge in [0.25, 0.3) is 0 Å². The molecule has 0 heterocycles. The van der Waals surface area contributed by atoms with Gasteiger partial charge in [-0.1, -0.05) is 31.9 Å². The highest BCUT2D eigenvalue weighted by atomic mass is 16.5. The molecule has 0 saturated heterocycles. The van der Waals surface area contributed by atoms with Crippen LogP contribution >= 0.6 is 0 Å². The van der Waals surface area contributed by atoms with E-state index in [0.717, 1.165) is 24.8 Å². The van der Waals surface area contributed by atoms with Gasteiger partial charge in [0.1, 0.15) is 0 Å². The predicted molar refractivity (Wildman–Crippen MR) is 77.3 cm³/mol.